The number of carbonyl (C=O) groups is 1. The Morgan fingerprint density at radius 3 is 2.64 bits per heavy atom. The van der Waals surface area contributed by atoms with Crippen LogP contribution < -0.4 is 21.1 Å². The van der Waals surface area contributed by atoms with Gasteiger partial charge in [-0.05, 0) is 44.4 Å². The first-order valence-electron chi connectivity index (χ1n) is 10.1. The molecule has 3 aromatic rings. The Kier molecular flexibility index (Phi) is 7.57. The lowest BCUT2D eigenvalue weighted by molar-refractivity contribution is -0.112. The molecule has 0 spiro atoms. The van der Waals surface area contributed by atoms with Crippen molar-refractivity contribution >= 4 is 34.6 Å². The zero-order valence-electron chi connectivity index (χ0n) is 18.5. The highest BCUT2D eigenvalue weighted by Gasteiger charge is 2.15. The molecule has 0 bridgehead atoms. The Labute approximate surface area is 192 Å². The third-order valence-electron chi connectivity index (χ3n) is 4.61. The molecule has 0 saturated heterocycles. The van der Waals surface area contributed by atoms with Gasteiger partial charge in [-0.1, -0.05) is 24.8 Å². The summed E-state index contributed by atoms with van der Waals surface area (Å²) >= 11 is 0. The summed E-state index contributed by atoms with van der Waals surface area (Å²) in [5, 5.41) is 15.6. The maximum absolute atomic E-state index is 11.8. The fourth-order valence-corrected chi connectivity index (χ4v) is 2.85. The quantitative estimate of drug-likeness (QED) is 0.407. The molecule has 1 aromatic heterocycles. The van der Waals surface area contributed by atoms with Gasteiger partial charge in [0.15, 0.2) is 5.82 Å². The predicted molar refractivity (Wildman–Crippen MR) is 128 cm³/mol. The predicted octanol–water partition coefficient (Wildman–Crippen LogP) is 3.27. The molecule has 4 N–H and O–H groups in total. The van der Waals surface area contributed by atoms with Crippen LogP contribution in [0.25, 0.3) is 5.57 Å². The van der Waals surface area contributed by atoms with Gasteiger partial charge < -0.3 is 26.0 Å². The number of nitrogens with zero attached hydrogens (tertiary/aromatic N) is 4. The normalized spacial score (nSPS) is 10.4. The fraction of sp³-hybridized carbons (Fsp3) is 0.167. The number of ether oxygens (including phenoxy) is 1. The Hall–Kier alpha value is -4.42. The van der Waals surface area contributed by atoms with E-state index in [1.54, 1.807) is 18.2 Å². The first-order valence-corrected chi connectivity index (χ1v) is 10.1. The highest BCUT2D eigenvalue weighted by Crippen LogP contribution is 2.30. The minimum Gasteiger partial charge on any atom is -0.492 e. The number of amides is 1. The van der Waals surface area contributed by atoms with Crippen LogP contribution in [0.3, 0.4) is 0 Å². The van der Waals surface area contributed by atoms with Crippen LogP contribution in [-0.2, 0) is 4.79 Å². The maximum atomic E-state index is 11.8. The molecule has 9 heteroatoms. The number of rotatable bonds is 10. The summed E-state index contributed by atoms with van der Waals surface area (Å²) in [6.07, 6.45) is 1.42. The number of anilines is 4. The number of aromatic nitrogens is 2. The number of benzene rings is 2. The molecule has 0 atom stereocenters. The Morgan fingerprint density at radius 2 is 1.97 bits per heavy atom. The van der Waals surface area contributed by atoms with Crippen LogP contribution in [0.4, 0.5) is 23.1 Å². The lowest BCUT2D eigenvalue weighted by Gasteiger charge is -2.16. The standard InChI is InChI=1S/C24H25N7O2/c1-16(22(26)32)20-13-19(33-12-11-31(2)3)9-10-21(20)29-24-27-15-17(14-25)23(30-24)28-18-7-5-4-6-8-18/h4-10,13,15H,1,11-12H2,2-3H3,(H2,26,32)(H2,27,28,29,30). The second-order valence-electron chi connectivity index (χ2n) is 7.39. The summed E-state index contributed by atoms with van der Waals surface area (Å²) < 4.78 is 5.77. The van der Waals surface area contributed by atoms with Gasteiger partial charge in [0.25, 0.3) is 0 Å². The van der Waals surface area contributed by atoms with Crippen molar-refractivity contribution in [3.05, 3.63) is 72.4 Å². The first-order chi connectivity index (χ1) is 15.9. The lowest BCUT2D eigenvalue weighted by atomic mass is 10.0. The number of nitrogens with one attached hydrogen (secondary N) is 2. The number of primary amides is 1. The van der Waals surface area contributed by atoms with E-state index in [0.29, 0.717) is 29.4 Å². The summed E-state index contributed by atoms with van der Waals surface area (Å²) in [6.45, 7) is 5.02. The fourth-order valence-electron chi connectivity index (χ4n) is 2.85. The molecule has 0 aliphatic carbocycles. The molecule has 1 heterocycles. The van der Waals surface area contributed by atoms with Gasteiger partial charge in [0, 0.05) is 29.1 Å². The number of nitriles is 1. The molecular weight excluding hydrogens is 418 g/mol. The summed E-state index contributed by atoms with van der Waals surface area (Å²) in [6, 6.07) is 16.6. The van der Waals surface area contributed by atoms with Gasteiger partial charge in [0.05, 0.1) is 6.20 Å². The van der Waals surface area contributed by atoms with Gasteiger partial charge in [0.1, 0.15) is 24.0 Å². The molecule has 0 radical (unpaired) electrons. The summed E-state index contributed by atoms with van der Waals surface area (Å²) in [4.78, 5) is 22.5. The molecule has 2 aromatic carbocycles. The molecular formula is C24H25N7O2. The van der Waals surface area contributed by atoms with Crippen molar-refractivity contribution in [2.45, 2.75) is 0 Å². The van der Waals surface area contributed by atoms with E-state index in [1.807, 2.05) is 49.3 Å². The second-order valence-corrected chi connectivity index (χ2v) is 7.39. The van der Waals surface area contributed by atoms with E-state index in [9.17, 15) is 10.1 Å². The number of nitrogens with two attached hydrogens (primary N) is 1. The van der Waals surface area contributed by atoms with Crippen molar-refractivity contribution in [2.24, 2.45) is 5.73 Å². The van der Waals surface area contributed by atoms with E-state index in [2.05, 4.69) is 33.2 Å². The molecule has 0 aliphatic rings. The topological polar surface area (TPSA) is 129 Å². The molecule has 3 rings (SSSR count). The zero-order valence-corrected chi connectivity index (χ0v) is 18.5. The SMILES string of the molecule is C=C(C(N)=O)c1cc(OCCN(C)C)ccc1Nc1ncc(C#N)c(Nc2ccccc2)n1. The second kappa shape index (κ2) is 10.7. The molecule has 9 nitrogen and oxygen atoms in total. The van der Waals surface area contributed by atoms with Crippen molar-refractivity contribution in [3.8, 4) is 11.8 Å². The Balaban J connectivity index is 1.89. The Morgan fingerprint density at radius 1 is 1.21 bits per heavy atom. The van der Waals surface area contributed by atoms with Gasteiger partial charge in [0.2, 0.25) is 11.9 Å². The minimum atomic E-state index is -0.657. The molecule has 168 valence electrons. The van der Waals surface area contributed by atoms with Crippen LogP contribution in [0.15, 0.2) is 61.3 Å². The molecule has 0 fully saturated rings. The number of hydrogen-bond acceptors (Lipinski definition) is 8. The average Bonchev–Trinajstić information content (AvgIpc) is 2.80. The van der Waals surface area contributed by atoms with E-state index >= 15 is 0 Å². The van der Waals surface area contributed by atoms with Crippen LogP contribution in [0.5, 0.6) is 5.75 Å². The van der Waals surface area contributed by atoms with Crippen molar-refractivity contribution in [3.63, 3.8) is 0 Å². The van der Waals surface area contributed by atoms with E-state index in [4.69, 9.17) is 10.5 Å². The van der Waals surface area contributed by atoms with Gasteiger partial charge in [-0.3, -0.25) is 4.79 Å². The van der Waals surface area contributed by atoms with Gasteiger partial charge in [-0.25, -0.2) is 4.98 Å². The smallest absolute Gasteiger partial charge is 0.248 e. The van der Waals surface area contributed by atoms with E-state index in [1.165, 1.54) is 6.20 Å². The van der Waals surface area contributed by atoms with E-state index < -0.39 is 5.91 Å². The summed E-state index contributed by atoms with van der Waals surface area (Å²) in [5.41, 5.74) is 7.65. The molecule has 33 heavy (non-hydrogen) atoms. The van der Waals surface area contributed by atoms with Crippen molar-refractivity contribution in [1.82, 2.24) is 14.9 Å². The number of para-hydroxylation sites is 1. The average molecular weight is 444 g/mol. The van der Waals surface area contributed by atoms with Crippen LogP contribution in [-0.4, -0.2) is 48.0 Å². The maximum Gasteiger partial charge on any atom is 0.248 e. The highest BCUT2D eigenvalue weighted by atomic mass is 16.5. The zero-order chi connectivity index (χ0) is 23.8. The number of likely N-dealkylation sites (N-methyl/N-ethyl adjacent to an activating group) is 1. The van der Waals surface area contributed by atoms with Crippen molar-refractivity contribution < 1.29 is 9.53 Å². The lowest BCUT2D eigenvalue weighted by Crippen LogP contribution is -2.19. The molecule has 0 saturated carbocycles. The third-order valence-corrected chi connectivity index (χ3v) is 4.61. The van der Waals surface area contributed by atoms with Gasteiger partial charge in [-0.15, -0.1) is 0 Å². The highest BCUT2D eigenvalue weighted by molar-refractivity contribution is 6.19. The summed E-state index contributed by atoms with van der Waals surface area (Å²) in [7, 11) is 3.91. The Bertz CT molecular complexity index is 1190. The van der Waals surface area contributed by atoms with E-state index in [0.717, 1.165) is 12.2 Å². The van der Waals surface area contributed by atoms with Crippen molar-refractivity contribution in [2.75, 3.05) is 37.9 Å². The van der Waals surface area contributed by atoms with Crippen LogP contribution in [0.2, 0.25) is 0 Å². The third kappa shape index (κ3) is 6.29. The van der Waals surface area contributed by atoms with Gasteiger partial charge >= 0.3 is 0 Å². The largest absolute Gasteiger partial charge is 0.492 e. The van der Waals surface area contributed by atoms with Crippen LogP contribution in [0, 0.1) is 11.3 Å². The summed E-state index contributed by atoms with van der Waals surface area (Å²) in [5.74, 6) is 0.495. The van der Waals surface area contributed by atoms with E-state index in [-0.39, 0.29) is 17.1 Å². The van der Waals surface area contributed by atoms with Crippen molar-refractivity contribution in [1.29, 1.82) is 5.26 Å². The molecule has 0 unspecified atom stereocenters. The first kappa shape index (κ1) is 23.2. The minimum absolute atomic E-state index is 0.117. The number of carbonyl (C=O) groups excluding carboxylic acids is 1. The van der Waals surface area contributed by atoms with Crippen LogP contribution >= 0.6 is 0 Å². The molecule has 1 amide bonds. The monoisotopic (exact) mass is 443 g/mol. The molecule has 0 aliphatic heterocycles. The number of hydrogen-bond donors (Lipinski definition) is 3. The van der Waals surface area contributed by atoms with Gasteiger partial charge in [-0.2, -0.15) is 10.2 Å². The van der Waals surface area contributed by atoms with Crippen LogP contribution in [0.1, 0.15) is 11.1 Å².